The van der Waals surface area contributed by atoms with E-state index in [0.29, 0.717) is 0 Å². The zero-order valence-corrected chi connectivity index (χ0v) is 18.8. The zero-order valence-electron chi connectivity index (χ0n) is 17.2. The Morgan fingerprint density at radius 3 is 2.48 bits per heavy atom. The van der Waals surface area contributed by atoms with Gasteiger partial charge < -0.3 is 15.2 Å². The van der Waals surface area contributed by atoms with Crippen LogP contribution in [0.2, 0.25) is 0 Å². The van der Waals surface area contributed by atoms with Gasteiger partial charge in [-0.25, -0.2) is 0 Å². The molecular formula is C22H32Cl2N4O. The first-order valence-corrected chi connectivity index (χ1v) is 10.1. The van der Waals surface area contributed by atoms with E-state index in [4.69, 9.17) is 10.3 Å². The number of hydrogen-bond acceptors (Lipinski definition) is 5. The number of piperazine rings is 1. The first-order chi connectivity index (χ1) is 13.1. The highest BCUT2D eigenvalue weighted by atomic mass is 35.5. The Hall–Kier alpha value is -1.53. The van der Waals surface area contributed by atoms with Crippen molar-refractivity contribution >= 4 is 36.6 Å². The molecule has 0 amide bonds. The van der Waals surface area contributed by atoms with Crippen LogP contribution in [-0.2, 0) is 6.54 Å². The van der Waals surface area contributed by atoms with Gasteiger partial charge in [-0.3, -0.25) is 4.90 Å². The standard InChI is InChI=1S/C22H30N4O.2ClH/c1-16-13-21(27-24-16)15-25-9-11-26(12-10-25)20-7-8-22(17(2)23)19(14-20)6-5-18-3-4-18;;/h5-8,13-14,17-18H,3-4,9-12,15,23H2,1-2H3;2*1H/b6-5+;;/t17-;;/m0../s1. The van der Waals surface area contributed by atoms with Crippen molar-refractivity contribution in [2.24, 2.45) is 11.7 Å². The van der Waals surface area contributed by atoms with Gasteiger partial charge in [-0.2, -0.15) is 0 Å². The van der Waals surface area contributed by atoms with Gasteiger partial charge >= 0.3 is 0 Å². The lowest BCUT2D eigenvalue weighted by molar-refractivity contribution is 0.219. The molecule has 2 N–H and O–H groups in total. The van der Waals surface area contributed by atoms with Crippen molar-refractivity contribution < 1.29 is 4.52 Å². The summed E-state index contributed by atoms with van der Waals surface area (Å²) in [5.41, 5.74) is 10.9. The second-order valence-electron chi connectivity index (χ2n) is 8.00. The maximum Gasteiger partial charge on any atom is 0.150 e. The lowest BCUT2D eigenvalue weighted by Gasteiger charge is -2.36. The third-order valence-corrected chi connectivity index (χ3v) is 5.52. The lowest BCUT2D eigenvalue weighted by Crippen LogP contribution is -2.45. The summed E-state index contributed by atoms with van der Waals surface area (Å²) < 4.78 is 5.36. The normalized spacial score (nSPS) is 18.4. The second-order valence-corrected chi connectivity index (χ2v) is 8.00. The summed E-state index contributed by atoms with van der Waals surface area (Å²) in [6.07, 6.45) is 7.29. The van der Waals surface area contributed by atoms with Crippen molar-refractivity contribution in [1.82, 2.24) is 10.1 Å². The van der Waals surface area contributed by atoms with Crippen LogP contribution < -0.4 is 10.6 Å². The van der Waals surface area contributed by atoms with E-state index in [1.807, 2.05) is 13.0 Å². The molecule has 1 aliphatic heterocycles. The van der Waals surface area contributed by atoms with Crippen molar-refractivity contribution in [3.63, 3.8) is 0 Å². The summed E-state index contributed by atoms with van der Waals surface area (Å²) in [6.45, 7) is 8.98. The molecule has 0 spiro atoms. The van der Waals surface area contributed by atoms with E-state index in [-0.39, 0.29) is 30.9 Å². The van der Waals surface area contributed by atoms with Crippen LogP contribution >= 0.6 is 24.8 Å². The van der Waals surface area contributed by atoms with E-state index in [2.05, 4.69) is 52.2 Å². The maximum absolute atomic E-state index is 6.19. The number of hydrogen-bond donors (Lipinski definition) is 1. The molecule has 1 atom stereocenters. The average molecular weight is 439 g/mol. The van der Waals surface area contributed by atoms with Gasteiger partial charge in [-0.15, -0.1) is 24.8 Å². The topological polar surface area (TPSA) is 58.5 Å². The average Bonchev–Trinajstić information content (AvgIpc) is 3.41. The van der Waals surface area contributed by atoms with Crippen LogP contribution in [0.5, 0.6) is 0 Å². The van der Waals surface area contributed by atoms with Crippen LogP contribution in [0.25, 0.3) is 6.08 Å². The Morgan fingerprint density at radius 2 is 1.90 bits per heavy atom. The highest BCUT2D eigenvalue weighted by Gasteiger charge is 2.20. The number of anilines is 1. The number of aromatic nitrogens is 1. The molecule has 1 aromatic heterocycles. The van der Waals surface area contributed by atoms with E-state index >= 15 is 0 Å². The van der Waals surface area contributed by atoms with Crippen LogP contribution in [-0.4, -0.2) is 36.2 Å². The van der Waals surface area contributed by atoms with Gasteiger partial charge in [0.1, 0.15) is 0 Å². The Morgan fingerprint density at radius 1 is 1.17 bits per heavy atom. The molecule has 29 heavy (non-hydrogen) atoms. The highest BCUT2D eigenvalue weighted by molar-refractivity contribution is 5.85. The summed E-state index contributed by atoms with van der Waals surface area (Å²) in [6, 6.07) is 8.82. The number of benzene rings is 1. The predicted octanol–water partition coefficient (Wildman–Crippen LogP) is 4.59. The molecule has 1 saturated heterocycles. The molecule has 0 unspecified atom stereocenters. The predicted molar refractivity (Wildman–Crippen MR) is 124 cm³/mol. The minimum absolute atomic E-state index is 0. The van der Waals surface area contributed by atoms with Gasteiger partial charge in [0.05, 0.1) is 12.2 Å². The Kier molecular flexibility index (Phi) is 8.58. The Labute approximate surface area is 186 Å². The van der Waals surface area contributed by atoms with Crippen LogP contribution in [0.15, 0.2) is 34.9 Å². The quantitative estimate of drug-likeness (QED) is 0.714. The molecule has 2 heterocycles. The van der Waals surface area contributed by atoms with E-state index < -0.39 is 0 Å². The van der Waals surface area contributed by atoms with Crippen molar-refractivity contribution in [1.29, 1.82) is 0 Å². The first-order valence-electron chi connectivity index (χ1n) is 10.1. The molecule has 4 rings (SSSR count). The number of allylic oxidation sites excluding steroid dienone is 1. The third kappa shape index (κ3) is 6.22. The van der Waals surface area contributed by atoms with Crippen molar-refractivity contribution in [2.75, 3.05) is 31.1 Å². The van der Waals surface area contributed by atoms with Gasteiger partial charge in [0, 0.05) is 44.0 Å². The molecule has 7 heteroatoms. The minimum Gasteiger partial charge on any atom is -0.369 e. The van der Waals surface area contributed by atoms with E-state index in [9.17, 15) is 0 Å². The van der Waals surface area contributed by atoms with Gasteiger partial charge in [-0.1, -0.05) is 23.4 Å². The Balaban J connectivity index is 0.00000150. The summed E-state index contributed by atoms with van der Waals surface area (Å²) in [5, 5.41) is 3.98. The first kappa shape index (κ1) is 23.7. The number of nitrogens with zero attached hydrogens (tertiary/aromatic N) is 3. The molecule has 1 aliphatic carbocycles. The van der Waals surface area contributed by atoms with Crippen molar-refractivity contribution in [2.45, 2.75) is 39.3 Å². The molecule has 1 aromatic carbocycles. The van der Waals surface area contributed by atoms with E-state index in [1.165, 1.54) is 29.7 Å². The maximum atomic E-state index is 6.19. The van der Waals surface area contributed by atoms with Crippen molar-refractivity contribution in [3.05, 3.63) is 52.9 Å². The summed E-state index contributed by atoms with van der Waals surface area (Å²) in [4.78, 5) is 4.91. The summed E-state index contributed by atoms with van der Waals surface area (Å²) in [5.74, 6) is 1.73. The SMILES string of the molecule is Cc1cc(CN2CCN(c3ccc([C@H](C)N)c(/C=C/C4CC4)c3)CC2)on1.Cl.Cl. The van der Waals surface area contributed by atoms with Crippen LogP contribution in [0.4, 0.5) is 5.69 Å². The molecule has 160 valence electrons. The van der Waals surface area contributed by atoms with Gasteiger partial charge in [-0.05, 0) is 55.9 Å². The molecule has 1 saturated carbocycles. The van der Waals surface area contributed by atoms with Crippen molar-refractivity contribution in [3.8, 4) is 0 Å². The number of halogens is 2. The highest BCUT2D eigenvalue weighted by Crippen LogP contribution is 2.32. The zero-order chi connectivity index (χ0) is 18.8. The Bertz CT molecular complexity index is 809. The van der Waals surface area contributed by atoms with Gasteiger partial charge in [0.2, 0.25) is 0 Å². The van der Waals surface area contributed by atoms with Gasteiger partial charge in [0.15, 0.2) is 5.76 Å². The lowest BCUT2D eigenvalue weighted by atomic mass is 9.99. The summed E-state index contributed by atoms with van der Waals surface area (Å²) in [7, 11) is 0. The molecule has 2 fully saturated rings. The number of aryl methyl sites for hydroxylation is 1. The fraction of sp³-hybridized carbons (Fsp3) is 0.500. The molecular weight excluding hydrogens is 407 g/mol. The van der Waals surface area contributed by atoms with Crippen LogP contribution in [0, 0.1) is 12.8 Å². The van der Waals surface area contributed by atoms with Crippen LogP contribution in [0.1, 0.15) is 48.4 Å². The smallest absolute Gasteiger partial charge is 0.150 e. The largest absolute Gasteiger partial charge is 0.369 e. The summed E-state index contributed by atoms with van der Waals surface area (Å²) >= 11 is 0. The molecule has 2 aliphatic rings. The fourth-order valence-electron chi connectivity index (χ4n) is 3.72. The fourth-order valence-corrected chi connectivity index (χ4v) is 3.72. The molecule has 0 radical (unpaired) electrons. The minimum atomic E-state index is 0. The van der Waals surface area contributed by atoms with E-state index in [1.54, 1.807) is 0 Å². The van der Waals surface area contributed by atoms with E-state index in [0.717, 1.165) is 50.1 Å². The third-order valence-electron chi connectivity index (χ3n) is 5.52. The number of nitrogens with two attached hydrogens (primary N) is 1. The van der Waals surface area contributed by atoms with Gasteiger partial charge in [0.25, 0.3) is 0 Å². The van der Waals surface area contributed by atoms with Crippen LogP contribution in [0.3, 0.4) is 0 Å². The molecule has 5 nitrogen and oxygen atoms in total. The molecule has 2 aromatic rings. The number of rotatable bonds is 6. The molecule has 0 bridgehead atoms. The monoisotopic (exact) mass is 438 g/mol. The second kappa shape index (κ2) is 10.5.